The van der Waals surface area contributed by atoms with Gasteiger partial charge in [-0.15, -0.1) is 0 Å². The van der Waals surface area contributed by atoms with Crippen molar-refractivity contribution in [1.82, 2.24) is 10.3 Å². The highest BCUT2D eigenvalue weighted by Crippen LogP contribution is 2.13. The second-order valence-electron chi connectivity index (χ2n) is 2.88. The highest BCUT2D eigenvalue weighted by atomic mass is 16.5. The standard InChI is InChI=1S/C10H11N3O2/c1-7(6-11)13-9(14)8-4-3-5-12-10(8)15-2/h3-5,7H,1-2H3,(H,13,14). The van der Waals surface area contributed by atoms with Crippen molar-refractivity contribution < 1.29 is 9.53 Å². The topological polar surface area (TPSA) is 75.0 Å². The second-order valence-corrected chi connectivity index (χ2v) is 2.88. The normalized spacial score (nSPS) is 11.3. The molecule has 78 valence electrons. The van der Waals surface area contributed by atoms with Gasteiger partial charge in [0.25, 0.3) is 5.91 Å². The van der Waals surface area contributed by atoms with Crippen molar-refractivity contribution in [2.24, 2.45) is 0 Å². The van der Waals surface area contributed by atoms with Crippen molar-refractivity contribution in [2.75, 3.05) is 7.11 Å². The third-order valence-corrected chi connectivity index (χ3v) is 1.75. The van der Waals surface area contributed by atoms with Crippen molar-refractivity contribution in [3.8, 4) is 11.9 Å². The summed E-state index contributed by atoms with van der Waals surface area (Å²) in [5.74, 6) is -0.117. The summed E-state index contributed by atoms with van der Waals surface area (Å²) in [5, 5.41) is 11.0. The van der Waals surface area contributed by atoms with Crippen molar-refractivity contribution in [3.05, 3.63) is 23.9 Å². The average molecular weight is 205 g/mol. The zero-order chi connectivity index (χ0) is 11.3. The van der Waals surface area contributed by atoms with E-state index in [1.54, 1.807) is 19.1 Å². The van der Waals surface area contributed by atoms with Crippen LogP contribution < -0.4 is 10.1 Å². The van der Waals surface area contributed by atoms with Gasteiger partial charge in [0.05, 0.1) is 13.2 Å². The number of nitrogens with zero attached hydrogens (tertiary/aromatic N) is 2. The molecule has 0 spiro atoms. The molecule has 1 amide bonds. The van der Waals surface area contributed by atoms with E-state index in [0.717, 1.165) is 0 Å². The summed E-state index contributed by atoms with van der Waals surface area (Å²) in [6, 6.07) is 4.59. The van der Waals surface area contributed by atoms with Gasteiger partial charge >= 0.3 is 0 Å². The highest BCUT2D eigenvalue weighted by molar-refractivity contribution is 5.96. The van der Waals surface area contributed by atoms with Crippen LogP contribution in [-0.4, -0.2) is 24.0 Å². The number of hydrogen-bond acceptors (Lipinski definition) is 4. The van der Waals surface area contributed by atoms with E-state index < -0.39 is 6.04 Å². The number of rotatable bonds is 3. The van der Waals surface area contributed by atoms with Crippen LogP contribution in [-0.2, 0) is 0 Å². The monoisotopic (exact) mass is 205 g/mol. The summed E-state index contributed by atoms with van der Waals surface area (Å²) in [7, 11) is 1.44. The molecule has 1 heterocycles. The number of carbonyl (C=O) groups excluding carboxylic acids is 1. The van der Waals surface area contributed by atoms with Gasteiger partial charge in [0.2, 0.25) is 5.88 Å². The van der Waals surface area contributed by atoms with Gasteiger partial charge in [-0.1, -0.05) is 0 Å². The number of aromatic nitrogens is 1. The van der Waals surface area contributed by atoms with Crippen LogP contribution in [0.2, 0.25) is 0 Å². The Balaban J connectivity index is 2.87. The number of nitrogens with one attached hydrogen (secondary N) is 1. The molecule has 1 aromatic rings. The van der Waals surface area contributed by atoms with E-state index in [4.69, 9.17) is 10.00 Å². The quantitative estimate of drug-likeness (QED) is 0.789. The largest absolute Gasteiger partial charge is 0.480 e. The first kappa shape index (κ1) is 11.0. The molecule has 15 heavy (non-hydrogen) atoms. The minimum Gasteiger partial charge on any atom is -0.480 e. The van der Waals surface area contributed by atoms with Crippen LogP contribution in [0.25, 0.3) is 0 Å². The van der Waals surface area contributed by atoms with E-state index in [2.05, 4.69) is 10.3 Å². The van der Waals surface area contributed by atoms with E-state index >= 15 is 0 Å². The first-order valence-corrected chi connectivity index (χ1v) is 4.38. The third kappa shape index (κ3) is 2.68. The smallest absolute Gasteiger partial charge is 0.257 e. The van der Waals surface area contributed by atoms with E-state index in [1.165, 1.54) is 13.3 Å². The van der Waals surface area contributed by atoms with Crippen LogP contribution in [0.4, 0.5) is 0 Å². The zero-order valence-corrected chi connectivity index (χ0v) is 8.52. The van der Waals surface area contributed by atoms with Crippen molar-refractivity contribution in [2.45, 2.75) is 13.0 Å². The first-order chi connectivity index (χ1) is 7.19. The van der Waals surface area contributed by atoms with Gasteiger partial charge < -0.3 is 10.1 Å². The summed E-state index contributed by atoms with van der Waals surface area (Å²) < 4.78 is 4.93. The Labute approximate surface area is 87.7 Å². The maximum Gasteiger partial charge on any atom is 0.257 e. The molecule has 1 aromatic heterocycles. The van der Waals surface area contributed by atoms with Crippen LogP contribution in [0.5, 0.6) is 5.88 Å². The maximum absolute atomic E-state index is 11.6. The average Bonchev–Trinajstić information content (AvgIpc) is 2.28. The Hall–Kier alpha value is -2.09. The third-order valence-electron chi connectivity index (χ3n) is 1.75. The van der Waals surface area contributed by atoms with Crippen LogP contribution in [0.15, 0.2) is 18.3 Å². The predicted molar refractivity (Wildman–Crippen MR) is 53.3 cm³/mol. The molecule has 5 heteroatoms. The second kappa shape index (κ2) is 4.96. The minimum atomic E-state index is -0.539. The van der Waals surface area contributed by atoms with E-state index in [0.29, 0.717) is 5.56 Å². The molecule has 1 rings (SSSR count). The SMILES string of the molecule is COc1ncccc1C(=O)NC(C)C#N. The Morgan fingerprint density at radius 3 is 3.07 bits per heavy atom. The molecular formula is C10H11N3O2. The predicted octanol–water partition coefficient (Wildman–Crippen LogP) is 0.732. The molecule has 0 fully saturated rings. The Kier molecular flexibility index (Phi) is 3.63. The number of pyridine rings is 1. The Bertz CT molecular complexity index is 398. The molecular weight excluding hydrogens is 194 g/mol. The molecule has 0 saturated heterocycles. The lowest BCUT2D eigenvalue weighted by atomic mass is 10.2. The van der Waals surface area contributed by atoms with Gasteiger partial charge in [0.15, 0.2) is 0 Å². The molecule has 1 atom stereocenters. The molecule has 0 radical (unpaired) electrons. The van der Waals surface area contributed by atoms with Crippen molar-refractivity contribution in [3.63, 3.8) is 0 Å². The highest BCUT2D eigenvalue weighted by Gasteiger charge is 2.14. The summed E-state index contributed by atoms with van der Waals surface area (Å²) in [6.45, 7) is 1.60. The lowest BCUT2D eigenvalue weighted by molar-refractivity contribution is 0.0944. The van der Waals surface area contributed by atoms with Gasteiger partial charge in [-0.05, 0) is 19.1 Å². The van der Waals surface area contributed by atoms with Gasteiger partial charge in [-0.3, -0.25) is 4.79 Å². The number of nitriles is 1. The molecule has 0 aliphatic heterocycles. The summed E-state index contributed by atoms with van der Waals surface area (Å²) in [5.41, 5.74) is 0.321. The lowest BCUT2D eigenvalue weighted by Crippen LogP contribution is -2.31. The Morgan fingerprint density at radius 2 is 2.47 bits per heavy atom. The van der Waals surface area contributed by atoms with Gasteiger partial charge in [-0.25, -0.2) is 4.98 Å². The van der Waals surface area contributed by atoms with E-state index in [9.17, 15) is 4.79 Å². The van der Waals surface area contributed by atoms with Crippen LogP contribution in [0.1, 0.15) is 17.3 Å². The molecule has 1 unspecified atom stereocenters. The molecule has 5 nitrogen and oxygen atoms in total. The fourth-order valence-electron chi connectivity index (χ4n) is 1.03. The number of amides is 1. The zero-order valence-electron chi connectivity index (χ0n) is 8.52. The fourth-order valence-corrected chi connectivity index (χ4v) is 1.03. The van der Waals surface area contributed by atoms with Crippen LogP contribution >= 0.6 is 0 Å². The van der Waals surface area contributed by atoms with E-state index in [1.807, 2.05) is 6.07 Å². The summed E-state index contributed by atoms with van der Waals surface area (Å²) >= 11 is 0. The van der Waals surface area contributed by atoms with Gasteiger partial charge in [0, 0.05) is 6.20 Å². The molecule has 1 N–H and O–H groups in total. The minimum absolute atomic E-state index is 0.250. The molecule has 0 aliphatic carbocycles. The number of carbonyl (C=O) groups is 1. The summed E-state index contributed by atoms with van der Waals surface area (Å²) in [6.07, 6.45) is 1.53. The Morgan fingerprint density at radius 1 is 1.73 bits per heavy atom. The summed E-state index contributed by atoms with van der Waals surface area (Å²) in [4.78, 5) is 15.5. The molecule has 0 aromatic carbocycles. The van der Waals surface area contributed by atoms with Gasteiger partial charge in [-0.2, -0.15) is 5.26 Å². The van der Waals surface area contributed by atoms with Crippen LogP contribution in [0.3, 0.4) is 0 Å². The molecule has 0 bridgehead atoms. The van der Waals surface area contributed by atoms with Crippen molar-refractivity contribution in [1.29, 1.82) is 5.26 Å². The van der Waals surface area contributed by atoms with Crippen molar-refractivity contribution >= 4 is 5.91 Å². The lowest BCUT2D eigenvalue weighted by Gasteiger charge is -2.08. The number of hydrogen-bond donors (Lipinski definition) is 1. The molecule has 0 saturated carbocycles. The first-order valence-electron chi connectivity index (χ1n) is 4.38. The van der Waals surface area contributed by atoms with Gasteiger partial charge in [0.1, 0.15) is 11.6 Å². The molecule has 0 aliphatic rings. The number of ether oxygens (including phenoxy) is 1. The maximum atomic E-state index is 11.6. The number of methoxy groups -OCH3 is 1. The van der Waals surface area contributed by atoms with E-state index in [-0.39, 0.29) is 11.8 Å². The van der Waals surface area contributed by atoms with Crippen LogP contribution in [0, 0.1) is 11.3 Å². The fraction of sp³-hybridized carbons (Fsp3) is 0.300.